The Hall–Kier alpha value is -2.34. The molecule has 0 saturated heterocycles. The van der Waals surface area contributed by atoms with Gasteiger partial charge in [-0.05, 0) is 52.3 Å². The molecule has 0 atom stereocenters. The number of halogens is 1. The van der Waals surface area contributed by atoms with Crippen LogP contribution < -0.4 is 15.4 Å². The maximum atomic E-state index is 12.0. The normalized spacial score (nSPS) is 10.0. The predicted octanol–water partition coefficient (Wildman–Crippen LogP) is 2.62. The van der Waals surface area contributed by atoms with Crippen LogP contribution in [0.15, 0.2) is 53.0 Å². The highest BCUT2D eigenvalue weighted by Gasteiger charge is 2.09. The van der Waals surface area contributed by atoms with Crippen molar-refractivity contribution in [1.29, 1.82) is 0 Å². The van der Waals surface area contributed by atoms with E-state index in [4.69, 9.17) is 4.74 Å². The van der Waals surface area contributed by atoms with Crippen molar-refractivity contribution in [3.8, 4) is 5.75 Å². The summed E-state index contributed by atoms with van der Waals surface area (Å²) >= 11 is 3.33. The van der Waals surface area contributed by atoms with Gasteiger partial charge in [0.2, 0.25) is 0 Å². The molecule has 0 aromatic heterocycles. The molecule has 23 heavy (non-hydrogen) atoms. The van der Waals surface area contributed by atoms with Gasteiger partial charge in [-0.25, -0.2) is 0 Å². The quantitative estimate of drug-likeness (QED) is 0.761. The van der Waals surface area contributed by atoms with Gasteiger partial charge < -0.3 is 15.4 Å². The van der Waals surface area contributed by atoms with Crippen molar-refractivity contribution in [1.82, 2.24) is 10.6 Å². The Morgan fingerprint density at radius 1 is 0.957 bits per heavy atom. The van der Waals surface area contributed by atoms with Crippen molar-refractivity contribution in [2.45, 2.75) is 0 Å². The Morgan fingerprint density at radius 3 is 2.17 bits per heavy atom. The van der Waals surface area contributed by atoms with Crippen LogP contribution >= 0.6 is 15.9 Å². The fraction of sp³-hybridized carbons (Fsp3) is 0.176. The molecule has 0 bridgehead atoms. The summed E-state index contributed by atoms with van der Waals surface area (Å²) in [4.78, 5) is 23.9. The van der Waals surface area contributed by atoms with Gasteiger partial charge >= 0.3 is 0 Å². The highest BCUT2D eigenvalue weighted by Crippen LogP contribution is 2.15. The fourth-order valence-electron chi connectivity index (χ4n) is 1.94. The molecule has 0 saturated carbocycles. The number of carbonyl (C=O) groups excluding carboxylic acids is 2. The molecule has 2 aromatic rings. The molecule has 0 spiro atoms. The number of hydrogen-bond acceptors (Lipinski definition) is 3. The third-order valence-corrected chi connectivity index (χ3v) is 3.86. The molecule has 2 aromatic carbocycles. The standard InChI is InChI=1S/C17H17BrN2O3/c1-23-13-8-6-12(7-9-13)16(21)19-10-11-20-17(22)14-4-2-3-5-15(14)18/h2-9H,10-11H2,1H3,(H,19,21)(H,20,22). The number of carbonyl (C=O) groups is 2. The van der Waals surface area contributed by atoms with Gasteiger partial charge in [0.25, 0.3) is 11.8 Å². The van der Waals surface area contributed by atoms with Gasteiger partial charge in [0.05, 0.1) is 12.7 Å². The van der Waals surface area contributed by atoms with Gasteiger partial charge in [-0.2, -0.15) is 0 Å². The lowest BCUT2D eigenvalue weighted by atomic mass is 10.2. The molecule has 0 unspecified atom stereocenters. The van der Waals surface area contributed by atoms with E-state index in [0.717, 1.165) is 4.47 Å². The first kappa shape index (κ1) is 17.0. The predicted molar refractivity (Wildman–Crippen MR) is 91.8 cm³/mol. The molecule has 2 N–H and O–H groups in total. The van der Waals surface area contributed by atoms with Crippen LogP contribution in [0, 0.1) is 0 Å². The zero-order chi connectivity index (χ0) is 16.7. The van der Waals surface area contributed by atoms with Crippen molar-refractivity contribution in [2.75, 3.05) is 20.2 Å². The van der Waals surface area contributed by atoms with Crippen LogP contribution in [0.3, 0.4) is 0 Å². The van der Waals surface area contributed by atoms with E-state index >= 15 is 0 Å². The molecule has 0 fully saturated rings. The van der Waals surface area contributed by atoms with Gasteiger partial charge in [-0.15, -0.1) is 0 Å². The SMILES string of the molecule is COc1ccc(C(=O)NCCNC(=O)c2ccccc2Br)cc1. The van der Waals surface area contributed by atoms with Crippen LogP contribution in [-0.4, -0.2) is 32.0 Å². The van der Waals surface area contributed by atoms with Crippen LogP contribution in [-0.2, 0) is 0 Å². The summed E-state index contributed by atoms with van der Waals surface area (Å²) in [6, 6.07) is 14.0. The molecular formula is C17H17BrN2O3. The number of hydrogen-bond donors (Lipinski definition) is 2. The second-order valence-electron chi connectivity index (χ2n) is 4.72. The van der Waals surface area contributed by atoms with Crippen LogP contribution in [0.1, 0.15) is 20.7 Å². The van der Waals surface area contributed by atoms with Crippen molar-refractivity contribution in [3.63, 3.8) is 0 Å². The van der Waals surface area contributed by atoms with E-state index in [9.17, 15) is 9.59 Å². The Kier molecular flexibility index (Phi) is 6.17. The van der Waals surface area contributed by atoms with Crippen LogP contribution in [0.25, 0.3) is 0 Å². The number of methoxy groups -OCH3 is 1. The van der Waals surface area contributed by atoms with Crippen LogP contribution in [0.5, 0.6) is 5.75 Å². The Bertz CT molecular complexity index is 686. The molecule has 5 nitrogen and oxygen atoms in total. The average molecular weight is 377 g/mol. The van der Waals surface area contributed by atoms with E-state index in [1.165, 1.54) is 0 Å². The first-order valence-corrected chi connectivity index (χ1v) is 7.86. The topological polar surface area (TPSA) is 67.4 Å². The summed E-state index contributed by atoms with van der Waals surface area (Å²) in [5, 5.41) is 5.51. The Labute approximate surface area is 143 Å². The van der Waals surface area contributed by atoms with E-state index in [1.54, 1.807) is 49.6 Å². The maximum Gasteiger partial charge on any atom is 0.252 e. The monoisotopic (exact) mass is 376 g/mol. The number of rotatable bonds is 6. The molecule has 0 aliphatic rings. The van der Waals surface area contributed by atoms with Crippen LogP contribution in [0.2, 0.25) is 0 Å². The summed E-state index contributed by atoms with van der Waals surface area (Å²) < 4.78 is 5.78. The van der Waals surface area contributed by atoms with Crippen molar-refractivity contribution < 1.29 is 14.3 Å². The first-order valence-electron chi connectivity index (χ1n) is 7.07. The Balaban J connectivity index is 1.77. The zero-order valence-corrected chi connectivity index (χ0v) is 14.2. The summed E-state index contributed by atoms with van der Waals surface area (Å²) in [6.45, 7) is 0.698. The van der Waals surface area contributed by atoms with E-state index < -0.39 is 0 Å². The molecular weight excluding hydrogens is 360 g/mol. The van der Waals surface area contributed by atoms with Gasteiger partial charge in [0, 0.05) is 23.1 Å². The summed E-state index contributed by atoms with van der Waals surface area (Å²) in [5.41, 5.74) is 1.11. The van der Waals surface area contributed by atoms with E-state index in [-0.39, 0.29) is 11.8 Å². The molecule has 0 radical (unpaired) electrons. The van der Waals surface area contributed by atoms with E-state index in [2.05, 4.69) is 26.6 Å². The number of nitrogens with one attached hydrogen (secondary N) is 2. The summed E-state index contributed by atoms with van der Waals surface area (Å²) in [7, 11) is 1.57. The number of benzene rings is 2. The molecule has 2 rings (SSSR count). The lowest BCUT2D eigenvalue weighted by Gasteiger charge is -2.08. The third kappa shape index (κ3) is 4.82. The maximum absolute atomic E-state index is 12.0. The molecule has 0 aliphatic heterocycles. The molecule has 0 heterocycles. The minimum absolute atomic E-state index is 0.184. The number of ether oxygens (including phenoxy) is 1. The van der Waals surface area contributed by atoms with E-state index in [0.29, 0.717) is 30.0 Å². The highest BCUT2D eigenvalue weighted by molar-refractivity contribution is 9.10. The van der Waals surface area contributed by atoms with Gasteiger partial charge in [0.15, 0.2) is 0 Å². The van der Waals surface area contributed by atoms with Gasteiger partial charge in [0.1, 0.15) is 5.75 Å². The molecule has 120 valence electrons. The summed E-state index contributed by atoms with van der Waals surface area (Å²) in [5.74, 6) is 0.321. The number of amides is 2. The van der Waals surface area contributed by atoms with Gasteiger partial charge in [-0.3, -0.25) is 9.59 Å². The molecule has 2 amide bonds. The van der Waals surface area contributed by atoms with Crippen molar-refractivity contribution in [3.05, 3.63) is 64.1 Å². The highest BCUT2D eigenvalue weighted by atomic mass is 79.9. The Morgan fingerprint density at radius 2 is 1.57 bits per heavy atom. The fourth-order valence-corrected chi connectivity index (χ4v) is 2.40. The lowest BCUT2D eigenvalue weighted by molar-refractivity contribution is 0.0927. The minimum atomic E-state index is -0.192. The van der Waals surface area contributed by atoms with E-state index in [1.807, 2.05) is 6.07 Å². The van der Waals surface area contributed by atoms with Crippen molar-refractivity contribution in [2.24, 2.45) is 0 Å². The van der Waals surface area contributed by atoms with Crippen LogP contribution in [0.4, 0.5) is 0 Å². The minimum Gasteiger partial charge on any atom is -0.497 e. The first-order chi connectivity index (χ1) is 11.1. The molecule has 0 aliphatic carbocycles. The lowest BCUT2D eigenvalue weighted by Crippen LogP contribution is -2.34. The molecule has 6 heteroatoms. The summed E-state index contributed by atoms with van der Waals surface area (Å²) in [6.07, 6.45) is 0. The third-order valence-electron chi connectivity index (χ3n) is 3.17. The second kappa shape index (κ2) is 8.33. The average Bonchev–Trinajstić information content (AvgIpc) is 2.58. The van der Waals surface area contributed by atoms with Gasteiger partial charge in [-0.1, -0.05) is 12.1 Å². The largest absolute Gasteiger partial charge is 0.497 e. The second-order valence-corrected chi connectivity index (χ2v) is 5.57. The zero-order valence-electron chi connectivity index (χ0n) is 12.6. The smallest absolute Gasteiger partial charge is 0.252 e. The van der Waals surface area contributed by atoms with Crippen molar-refractivity contribution >= 4 is 27.7 Å².